The second-order valence-corrected chi connectivity index (χ2v) is 5.36. The largest absolute Gasteiger partial charge is 0.353 e. The summed E-state index contributed by atoms with van der Waals surface area (Å²) in [7, 11) is 0. The summed E-state index contributed by atoms with van der Waals surface area (Å²) in [5.41, 5.74) is 0. The number of alkyl halides is 1. The third-order valence-corrected chi connectivity index (χ3v) is 3.27. The van der Waals surface area contributed by atoms with Gasteiger partial charge in [0, 0.05) is 6.04 Å². The monoisotopic (exact) mass is 263 g/mol. The van der Waals surface area contributed by atoms with Gasteiger partial charge in [0.25, 0.3) is 0 Å². The Balaban J connectivity index is 3.71. The molecule has 2 nitrogen and oxygen atoms in total. The van der Waals surface area contributed by atoms with Gasteiger partial charge >= 0.3 is 0 Å². The molecule has 0 aromatic rings. The van der Waals surface area contributed by atoms with Crippen LogP contribution in [0.3, 0.4) is 0 Å². The normalized spacial score (nSPS) is 15.3. The van der Waals surface area contributed by atoms with Gasteiger partial charge in [-0.1, -0.05) is 36.7 Å². The maximum Gasteiger partial charge on any atom is 0.233 e. The van der Waals surface area contributed by atoms with Crippen molar-refractivity contribution in [3.05, 3.63) is 0 Å². The Morgan fingerprint density at radius 1 is 1.29 bits per heavy atom. The fraction of sp³-hybridized carbons (Fsp3) is 0.909. The van der Waals surface area contributed by atoms with Gasteiger partial charge in [-0.15, -0.1) is 0 Å². The van der Waals surface area contributed by atoms with E-state index in [0.717, 1.165) is 12.8 Å². The molecule has 0 bridgehead atoms. The molecule has 0 aliphatic heterocycles. The fourth-order valence-corrected chi connectivity index (χ4v) is 1.31. The van der Waals surface area contributed by atoms with Gasteiger partial charge in [0.05, 0.1) is 4.83 Å². The number of nitrogens with one attached hydrogen (secondary N) is 1. The third-order valence-electron chi connectivity index (χ3n) is 2.21. The molecule has 2 atom stereocenters. The van der Waals surface area contributed by atoms with Gasteiger partial charge in [-0.2, -0.15) is 0 Å². The average Bonchev–Trinajstić information content (AvgIpc) is 2.13. The van der Waals surface area contributed by atoms with Crippen molar-refractivity contribution in [1.82, 2.24) is 5.32 Å². The van der Waals surface area contributed by atoms with E-state index in [1.54, 1.807) is 0 Å². The fourth-order valence-electron chi connectivity index (χ4n) is 1.17. The van der Waals surface area contributed by atoms with Crippen LogP contribution < -0.4 is 5.32 Å². The maximum absolute atomic E-state index is 11.5. The molecule has 0 aliphatic carbocycles. The number of hydrogen-bond donors (Lipinski definition) is 1. The van der Waals surface area contributed by atoms with E-state index in [4.69, 9.17) is 0 Å². The predicted octanol–water partition coefficient (Wildman–Crippen LogP) is 3.10. The van der Waals surface area contributed by atoms with Crippen LogP contribution in [0.1, 0.15) is 47.0 Å². The maximum atomic E-state index is 11.5. The molecule has 84 valence electrons. The van der Waals surface area contributed by atoms with Gasteiger partial charge in [0.1, 0.15) is 0 Å². The lowest BCUT2D eigenvalue weighted by Gasteiger charge is -2.16. The summed E-state index contributed by atoms with van der Waals surface area (Å²) in [5.74, 6) is 0.823. The van der Waals surface area contributed by atoms with Crippen LogP contribution in [0, 0.1) is 5.92 Å². The third kappa shape index (κ3) is 6.41. The van der Waals surface area contributed by atoms with Gasteiger partial charge < -0.3 is 5.32 Å². The first kappa shape index (κ1) is 13.9. The van der Waals surface area contributed by atoms with Crippen molar-refractivity contribution in [2.45, 2.75) is 57.8 Å². The number of carbonyl (C=O) groups excluding carboxylic acids is 1. The molecule has 2 unspecified atom stereocenters. The molecule has 1 N–H and O–H groups in total. The lowest BCUT2D eigenvalue weighted by Crippen LogP contribution is -2.37. The Morgan fingerprint density at radius 3 is 2.29 bits per heavy atom. The highest BCUT2D eigenvalue weighted by atomic mass is 79.9. The minimum Gasteiger partial charge on any atom is -0.353 e. The summed E-state index contributed by atoms with van der Waals surface area (Å²) in [6.45, 7) is 8.47. The van der Waals surface area contributed by atoms with Crippen molar-refractivity contribution in [3.8, 4) is 0 Å². The van der Waals surface area contributed by atoms with E-state index in [2.05, 4.69) is 42.0 Å². The van der Waals surface area contributed by atoms with E-state index in [0.29, 0.717) is 5.92 Å². The van der Waals surface area contributed by atoms with Crippen LogP contribution in [0.4, 0.5) is 0 Å². The van der Waals surface area contributed by atoms with Crippen molar-refractivity contribution in [3.63, 3.8) is 0 Å². The Morgan fingerprint density at radius 2 is 1.86 bits per heavy atom. The lowest BCUT2D eigenvalue weighted by molar-refractivity contribution is -0.121. The van der Waals surface area contributed by atoms with E-state index in [1.165, 1.54) is 6.42 Å². The molecule has 0 aliphatic rings. The van der Waals surface area contributed by atoms with Gasteiger partial charge in [-0.05, 0) is 32.1 Å². The van der Waals surface area contributed by atoms with Gasteiger partial charge in [0.2, 0.25) is 5.91 Å². The Hall–Kier alpha value is -0.0500. The molecule has 3 heteroatoms. The predicted molar refractivity (Wildman–Crippen MR) is 64.7 cm³/mol. The number of rotatable bonds is 6. The van der Waals surface area contributed by atoms with Crippen LogP contribution in [0.2, 0.25) is 0 Å². The Bertz CT molecular complexity index is 171. The molecule has 0 heterocycles. The summed E-state index contributed by atoms with van der Waals surface area (Å²) in [6, 6.07) is 0.288. The summed E-state index contributed by atoms with van der Waals surface area (Å²) < 4.78 is 0. The standard InChI is InChI=1S/C11H22BrNO/c1-5-10(12)11(14)13-9(4)7-6-8(2)3/h8-10H,5-7H2,1-4H3,(H,13,14). The van der Waals surface area contributed by atoms with Crippen LogP contribution in [-0.4, -0.2) is 16.8 Å². The van der Waals surface area contributed by atoms with Crippen LogP contribution in [0.25, 0.3) is 0 Å². The SMILES string of the molecule is CCC(Br)C(=O)NC(C)CCC(C)C. The minimum absolute atomic E-state index is 0.0380. The highest BCUT2D eigenvalue weighted by Crippen LogP contribution is 2.08. The molecule has 0 aromatic heterocycles. The molecule has 0 saturated carbocycles. The molecule has 0 fully saturated rings. The molecule has 0 aromatic carbocycles. The molecular weight excluding hydrogens is 242 g/mol. The van der Waals surface area contributed by atoms with E-state index in [1.807, 2.05) is 6.92 Å². The molecule has 0 saturated heterocycles. The second kappa shape index (κ2) is 7.27. The van der Waals surface area contributed by atoms with E-state index >= 15 is 0 Å². The van der Waals surface area contributed by atoms with Crippen molar-refractivity contribution in [1.29, 1.82) is 0 Å². The van der Waals surface area contributed by atoms with Gasteiger partial charge in [-0.25, -0.2) is 0 Å². The van der Waals surface area contributed by atoms with Crippen molar-refractivity contribution < 1.29 is 4.79 Å². The van der Waals surface area contributed by atoms with Gasteiger partial charge in [0.15, 0.2) is 0 Å². The highest BCUT2D eigenvalue weighted by Gasteiger charge is 2.14. The number of halogens is 1. The molecule has 0 radical (unpaired) electrons. The van der Waals surface area contributed by atoms with Crippen molar-refractivity contribution in [2.75, 3.05) is 0 Å². The zero-order valence-electron chi connectivity index (χ0n) is 9.64. The first-order valence-electron chi connectivity index (χ1n) is 5.41. The van der Waals surface area contributed by atoms with Crippen LogP contribution in [0.15, 0.2) is 0 Å². The highest BCUT2D eigenvalue weighted by molar-refractivity contribution is 9.10. The quantitative estimate of drug-likeness (QED) is 0.734. The smallest absolute Gasteiger partial charge is 0.233 e. The van der Waals surface area contributed by atoms with Crippen molar-refractivity contribution in [2.24, 2.45) is 5.92 Å². The van der Waals surface area contributed by atoms with E-state index in [-0.39, 0.29) is 16.8 Å². The Kier molecular flexibility index (Phi) is 7.24. The second-order valence-electron chi connectivity index (χ2n) is 4.26. The molecular formula is C11H22BrNO. The molecule has 0 rings (SSSR count). The zero-order chi connectivity index (χ0) is 11.1. The van der Waals surface area contributed by atoms with Crippen LogP contribution in [0.5, 0.6) is 0 Å². The minimum atomic E-state index is -0.0380. The summed E-state index contributed by atoms with van der Waals surface area (Å²) >= 11 is 3.34. The molecule has 0 spiro atoms. The van der Waals surface area contributed by atoms with E-state index < -0.39 is 0 Å². The van der Waals surface area contributed by atoms with E-state index in [9.17, 15) is 4.79 Å². The summed E-state index contributed by atoms with van der Waals surface area (Å²) in [6.07, 6.45) is 3.07. The van der Waals surface area contributed by atoms with Crippen LogP contribution in [-0.2, 0) is 4.79 Å². The average molecular weight is 264 g/mol. The topological polar surface area (TPSA) is 29.1 Å². The number of amides is 1. The Labute approximate surface area is 96.0 Å². The molecule has 14 heavy (non-hydrogen) atoms. The summed E-state index contributed by atoms with van der Waals surface area (Å²) in [4.78, 5) is 11.4. The lowest BCUT2D eigenvalue weighted by atomic mass is 10.0. The molecule has 1 amide bonds. The van der Waals surface area contributed by atoms with Crippen molar-refractivity contribution >= 4 is 21.8 Å². The first-order valence-corrected chi connectivity index (χ1v) is 6.33. The van der Waals surface area contributed by atoms with Crippen LogP contribution >= 0.6 is 15.9 Å². The van der Waals surface area contributed by atoms with Gasteiger partial charge in [-0.3, -0.25) is 4.79 Å². The first-order chi connectivity index (χ1) is 6.47. The number of carbonyl (C=O) groups is 1. The zero-order valence-corrected chi connectivity index (χ0v) is 11.2. The summed E-state index contributed by atoms with van der Waals surface area (Å²) in [5, 5.41) is 3.00. The number of hydrogen-bond acceptors (Lipinski definition) is 1.